The van der Waals surface area contributed by atoms with E-state index in [4.69, 9.17) is 13.9 Å². The molecule has 2 rings (SSSR count). The van der Waals surface area contributed by atoms with Gasteiger partial charge in [-0.3, -0.25) is 9.59 Å². The predicted octanol–water partition coefficient (Wildman–Crippen LogP) is 2.38. The van der Waals surface area contributed by atoms with Crippen LogP contribution in [0, 0.1) is 6.92 Å². The van der Waals surface area contributed by atoms with Crippen molar-refractivity contribution in [2.45, 2.75) is 13.8 Å². The number of rotatable bonds is 8. The second-order valence-electron chi connectivity index (χ2n) is 5.56. The van der Waals surface area contributed by atoms with Gasteiger partial charge >= 0.3 is 11.9 Å². The highest BCUT2D eigenvalue weighted by atomic mass is 32.1. The van der Waals surface area contributed by atoms with E-state index >= 15 is 0 Å². The summed E-state index contributed by atoms with van der Waals surface area (Å²) in [4.78, 5) is 48.4. The van der Waals surface area contributed by atoms with Crippen LogP contribution in [0.2, 0.25) is 0 Å². The molecule has 0 saturated carbocycles. The van der Waals surface area contributed by atoms with Crippen molar-refractivity contribution in [3.8, 4) is 0 Å². The monoisotopic (exact) mass is 420 g/mol. The lowest BCUT2D eigenvalue weighted by atomic mass is 10.1. The molecule has 29 heavy (non-hydrogen) atoms. The number of nitrogens with one attached hydrogen (secondary N) is 2. The van der Waals surface area contributed by atoms with Gasteiger partial charge in [0.25, 0.3) is 11.8 Å². The highest BCUT2D eigenvalue weighted by molar-refractivity contribution is 7.18. The van der Waals surface area contributed by atoms with Gasteiger partial charge in [0.2, 0.25) is 0 Å². The molecular formula is C19H20N2O7S. The summed E-state index contributed by atoms with van der Waals surface area (Å²) in [6.07, 6.45) is 3.97. The van der Waals surface area contributed by atoms with E-state index in [-0.39, 0.29) is 22.0 Å². The number of carbonyl (C=O) groups excluding carboxylic acids is 4. The zero-order valence-electron chi connectivity index (χ0n) is 16.1. The van der Waals surface area contributed by atoms with Gasteiger partial charge in [-0.1, -0.05) is 0 Å². The minimum atomic E-state index is -0.740. The number of anilines is 1. The lowest BCUT2D eigenvalue weighted by Crippen LogP contribution is -2.21. The van der Waals surface area contributed by atoms with Crippen LogP contribution in [0.25, 0.3) is 6.08 Å². The molecule has 0 radical (unpaired) electrons. The molecule has 9 nitrogen and oxygen atoms in total. The standard InChI is InChI=1S/C19H20N2O7S/c1-4-26-19(25)15-11(2)16(17(24)20-3)29-18(15)21-13(22)10-28-14(23)8-7-12-6-5-9-27-12/h5-9H,4,10H2,1-3H3,(H,20,24)(H,21,22). The quantitative estimate of drug-likeness (QED) is 0.496. The Hall–Kier alpha value is -3.40. The van der Waals surface area contributed by atoms with E-state index in [0.29, 0.717) is 11.3 Å². The first-order valence-corrected chi connectivity index (χ1v) is 9.39. The summed E-state index contributed by atoms with van der Waals surface area (Å²) >= 11 is 0.932. The third-order valence-corrected chi connectivity index (χ3v) is 4.79. The number of hydrogen-bond donors (Lipinski definition) is 2. The number of furan rings is 1. The van der Waals surface area contributed by atoms with Crippen molar-refractivity contribution in [2.24, 2.45) is 0 Å². The summed E-state index contributed by atoms with van der Waals surface area (Å²) in [5.41, 5.74) is 0.481. The molecule has 0 fully saturated rings. The summed E-state index contributed by atoms with van der Waals surface area (Å²) in [5.74, 6) is -2.00. The van der Waals surface area contributed by atoms with Gasteiger partial charge in [-0.15, -0.1) is 11.3 Å². The Labute approximate surface area is 170 Å². The van der Waals surface area contributed by atoms with Crippen LogP contribution in [-0.2, 0) is 19.1 Å². The van der Waals surface area contributed by atoms with E-state index in [0.717, 1.165) is 17.4 Å². The van der Waals surface area contributed by atoms with Crippen LogP contribution >= 0.6 is 11.3 Å². The van der Waals surface area contributed by atoms with Crippen LogP contribution in [0.4, 0.5) is 5.00 Å². The van der Waals surface area contributed by atoms with Crippen molar-refractivity contribution in [2.75, 3.05) is 25.6 Å². The van der Waals surface area contributed by atoms with Gasteiger partial charge in [-0.2, -0.15) is 0 Å². The molecule has 0 aliphatic heterocycles. The zero-order chi connectivity index (χ0) is 21.4. The molecular weight excluding hydrogens is 400 g/mol. The third-order valence-electron chi connectivity index (χ3n) is 3.58. The van der Waals surface area contributed by atoms with E-state index < -0.39 is 30.4 Å². The molecule has 0 atom stereocenters. The Morgan fingerprint density at radius 2 is 2.00 bits per heavy atom. The second-order valence-corrected chi connectivity index (χ2v) is 6.59. The molecule has 0 saturated heterocycles. The lowest BCUT2D eigenvalue weighted by Gasteiger charge is -2.07. The summed E-state index contributed by atoms with van der Waals surface area (Å²) in [5, 5.41) is 5.11. The van der Waals surface area contributed by atoms with E-state index in [1.54, 1.807) is 26.0 Å². The van der Waals surface area contributed by atoms with Crippen LogP contribution in [0.1, 0.15) is 38.3 Å². The van der Waals surface area contributed by atoms with Gasteiger partial charge in [0.05, 0.1) is 23.3 Å². The average molecular weight is 420 g/mol. The van der Waals surface area contributed by atoms with Crippen molar-refractivity contribution >= 4 is 46.2 Å². The fourth-order valence-electron chi connectivity index (χ4n) is 2.26. The largest absolute Gasteiger partial charge is 0.465 e. The van der Waals surface area contributed by atoms with Crippen LogP contribution in [0.15, 0.2) is 28.9 Å². The van der Waals surface area contributed by atoms with E-state index in [9.17, 15) is 19.2 Å². The first-order valence-electron chi connectivity index (χ1n) is 8.58. The molecule has 154 valence electrons. The number of amides is 2. The molecule has 10 heteroatoms. The lowest BCUT2D eigenvalue weighted by molar-refractivity contribution is -0.142. The van der Waals surface area contributed by atoms with Gasteiger partial charge in [-0.25, -0.2) is 9.59 Å². The van der Waals surface area contributed by atoms with Crippen molar-refractivity contribution in [1.29, 1.82) is 0 Å². The molecule has 0 unspecified atom stereocenters. The molecule has 0 aliphatic rings. The smallest absolute Gasteiger partial charge is 0.341 e. The van der Waals surface area contributed by atoms with Crippen LogP contribution in [0.5, 0.6) is 0 Å². The Morgan fingerprint density at radius 3 is 2.62 bits per heavy atom. The SMILES string of the molecule is CCOC(=O)c1c(NC(=O)COC(=O)C=Cc2ccco2)sc(C(=O)NC)c1C. The maximum Gasteiger partial charge on any atom is 0.341 e. The predicted molar refractivity (Wildman–Crippen MR) is 106 cm³/mol. The summed E-state index contributed by atoms with van der Waals surface area (Å²) in [7, 11) is 1.46. The summed E-state index contributed by atoms with van der Waals surface area (Å²) in [6.45, 7) is 2.79. The van der Waals surface area contributed by atoms with Crippen LogP contribution < -0.4 is 10.6 Å². The highest BCUT2D eigenvalue weighted by Crippen LogP contribution is 2.33. The first kappa shape index (κ1) is 21.9. The molecule has 2 heterocycles. The Bertz CT molecular complexity index is 929. The third kappa shape index (κ3) is 5.79. The van der Waals surface area contributed by atoms with Gasteiger partial charge in [0.1, 0.15) is 10.8 Å². The average Bonchev–Trinajstić information content (AvgIpc) is 3.32. The maximum absolute atomic E-state index is 12.3. The minimum absolute atomic E-state index is 0.0906. The fraction of sp³-hybridized carbons (Fsp3) is 0.263. The Balaban J connectivity index is 2.07. The summed E-state index contributed by atoms with van der Waals surface area (Å²) in [6, 6.07) is 3.31. The van der Waals surface area contributed by atoms with E-state index in [2.05, 4.69) is 10.6 Å². The summed E-state index contributed by atoms with van der Waals surface area (Å²) < 4.78 is 14.9. The second kappa shape index (κ2) is 10.2. The molecule has 2 N–H and O–H groups in total. The number of thiophene rings is 1. The molecule has 0 aromatic carbocycles. The number of hydrogen-bond acceptors (Lipinski definition) is 8. The topological polar surface area (TPSA) is 124 Å². The van der Waals surface area contributed by atoms with E-state index in [1.807, 2.05) is 0 Å². The van der Waals surface area contributed by atoms with Gasteiger partial charge < -0.3 is 24.5 Å². The fourth-order valence-corrected chi connectivity index (χ4v) is 3.42. The molecule has 2 aromatic heterocycles. The normalized spacial score (nSPS) is 10.6. The molecule has 0 aliphatic carbocycles. The van der Waals surface area contributed by atoms with Crippen molar-refractivity contribution < 1.29 is 33.1 Å². The van der Waals surface area contributed by atoms with Crippen LogP contribution in [-0.4, -0.2) is 44.0 Å². The van der Waals surface area contributed by atoms with Gasteiger partial charge in [-0.05, 0) is 37.6 Å². The van der Waals surface area contributed by atoms with Crippen molar-refractivity contribution in [3.63, 3.8) is 0 Å². The molecule has 0 spiro atoms. The number of carbonyl (C=O) groups is 4. The molecule has 2 amide bonds. The van der Waals surface area contributed by atoms with Gasteiger partial charge in [0.15, 0.2) is 6.61 Å². The first-order chi connectivity index (χ1) is 13.9. The van der Waals surface area contributed by atoms with Gasteiger partial charge in [0, 0.05) is 13.1 Å². The van der Waals surface area contributed by atoms with Crippen molar-refractivity contribution in [1.82, 2.24) is 5.32 Å². The maximum atomic E-state index is 12.3. The van der Waals surface area contributed by atoms with Crippen molar-refractivity contribution in [3.05, 3.63) is 46.2 Å². The molecule has 0 bridgehead atoms. The molecule has 2 aromatic rings. The van der Waals surface area contributed by atoms with E-state index in [1.165, 1.54) is 19.4 Å². The number of ether oxygens (including phenoxy) is 2. The minimum Gasteiger partial charge on any atom is -0.465 e. The highest BCUT2D eigenvalue weighted by Gasteiger charge is 2.26. The van der Waals surface area contributed by atoms with Crippen LogP contribution in [0.3, 0.4) is 0 Å². The Morgan fingerprint density at radius 1 is 1.24 bits per heavy atom. The number of esters is 2. The zero-order valence-corrected chi connectivity index (χ0v) is 16.9. The Kier molecular flexibility index (Phi) is 7.72.